The predicted molar refractivity (Wildman–Crippen MR) is 94.0 cm³/mol. The number of carbonyl (C=O) groups is 1. The maximum Gasteiger partial charge on any atom is 0.319 e. The first-order chi connectivity index (χ1) is 11.6. The van der Waals surface area contributed by atoms with Crippen molar-refractivity contribution in [2.24, 2.45) is 0 Å². The second kappa shape index (κ2) is 7.72. The van der Waals surface area contributed by atoms with Gasteiger partial charge in [-0.15, -0.1) is 11.3 Å². The number of thiophene rings is 1. The Balaban J connectivity index is 1.52. The number of urea groups is 1. The lowest BCUT2D eigenvalue weighted by atomic mass is 10.2. The van der Waals surface area contributed by atoms with E-state index in [1.54, 1.807) is 29.8 Å². The summed E-state index contributed by atoms with van der Waals surface area (Å²) < 4.78 is 13.8. The van der Waals surface area contributed by atoms with Crippen LogP contribution in [0.4, 0.5) is 14.9 Å². The van der Waals surface area contributed by atoms with Crippen LogP contribution in [0, 0.1) is 6.92 Å². The standard InChI is InChI=1S/C17H21FN4OS/c1-12-8-19-5-4-16(12)21-17(23)20-9-14-7-13(18)10-22(14)11-15-3-2-6-24-15/h2-6,8,13-14H,7,9-11H2,1H3,(H2,19,20,21,23)/t13-,14-/m0/s1. The van der Waals surface area contributed by atoms with Gasteiger partial charge in [0.15, 0.2) is 0 Å². The summed E-state index contributed by atoms with van der Waals surface area (Å²) >= 11 is 1.67. The van der Waals surface area contributed by atoms with E-state index in [1.807, 2.05) is 18.4 Å². The summed E-state index contributed by atoms with van der Waals surface area (Å²) in [6, 6.07) is 5.56. The number of aromatic nitrogens is 1. The topological polar surface area (TPSA) is 57.3 Å². The quantitative estimate of drug-likeness (QED) is 0.872. The Hall–Kier alpha value is -1.99. The summed E-state index contributed by atoms with van der Waals surface area (Å²) in [6.45, 7) is 3.47. The smallest absolute Gasteiger partial charge is 0.319 e. The van der Waals surface area contributed by atoms with E-state index in [0.717, 1.165) is 17.8 Å². The number of alkyl halides is 1. The molecule has 3 rings (SSSR count). The van der Waals surface area contributed by atoms with E-state index in [-0.39, 0.29) is 12.1 Å². The molecule has 2 aromatic heterocycles. The molecular formula is C17H21FN4OS. The van der Waals surface area contributed by atoms with Gasteiger partial charge in [-0.2, -0.15) is 0 Å². The highest BCUT2D eigenvalue weighted by atomic mass is 32.1. The first-order valence-electron chi connectivity index (χ1n) is 7.98. The molecule has 0 aromatic carbocycles. The third-order valence-electron chi connectivity index (χ3n) is 4.18. The number of nitrogens with one attached hydrogen (secondary N) is 2. The molecule has 0 bridgehead atoms. The molecule has 0 aliphatic carbocycles. The average molecular weight is 348 g/mol. The Kier molecular flexibility index (Phi) is 5.42. The monoisotopic (exact) mass is 348 g/mol. The lowest BCUT2D eigenvalue weighted by molar-refractivity contribution is 0.225. The molecule has 3 heterocycles. The molecule has 1 aliphatic rings. The Bertz CT molecular complexity index is 679. The van der Waals surface area contributed by atoms with Gasteiger partial charge in [-0.25, -0.2) is 9.18 Å². The van der Waals surface area contributed by atoms with Crippen LogP contribution in [0.2, 0.25) is 0 Å². The number of aryl methyl sites for hydroxylation is 1. The number of rotatable bonds is 5. The van der Waals surface area contributed by atoms with Gasteiger partial charge in [-0.1, -0.05) is 6.07 Å². The van der Waals surface area contributed by atoms with E-state index in [2.05, 4.69) is 26.6 Å². The van der Waals surface area contributed by atoms with Gasteiger partial charge in [0, 0.05) is 48.6 Å². The van der Waals surface area contributed by atoms with E-state index in [4.69, 9.17) is 0 Å². The van der Waals surface area contributed by atoms with Crippen molar-refractivity contribution in [2.45, 2.75) is 32.1 Å². The highest BCUT2D eigenvalue weighted by molar-refractivity contribution is 7.09. The van der Waals surface area contributed by atoms with Crippen LogP contribution in [0.1, 0.15) is 16.9 Å². The number of amides is 2. The highest BCUT2D eigenvalue weighted by Crippen LogP contribution is 2.24. The minimum Gasteiger partial charge on any atom is -0.336 e. The number of nitrogens with zero attached hydrogens (tertiary/aromatic N) is 2. The van der Waals surface area contributed by atoms with Crippen molar-refractivity contribution in [3.8, 4) is 0 Å². The molecule has 128 valence electrons. The maximum absolute atomic E-state index is 13.8. The van der Waals surface area contributed by atoms with Crippen LogP contribution < -0.4 is 10.6 Å². The summed E-state index contributed by atoms with van der Waals surface area (Å²) in [4.78, 5) is 19.4. The van der Waals surface area contributed by atoms with E-state index in [9.17, 15) is 9.18 Å². The summed E-state index contributed by atoms with van der Waals surface area (Å²) in [5, 5.41) is 7.68. The fourth-order valence-corrected chi connectivity index (χ4v) is 3.65. The number of pyridine rings is 1. The van der Waals surface area contributed by atoms with Gasteiger partial charge < -0.3 is 10.6 Å². The summed E-state index contributed by atoms with van der Waals surface area (Å²) in [5.41, 5.74) is 1.63. The molecule has 2 amide bonds. The molecule has 0 saturated carbocycles. The molecule has 0 spiro atoms. The Morgan fingerprint density at radius 3 is 3.12 bits per heavy atom. The molecule has 1 saturated heterocycles. The molecule has 1 aliphatic heterocycles. The predicted octanol–water partition coefficient (Wildman–Crippen LogP) is 3.19. The zero-order valence-electron chi connectivity index (χ0n) is 13.5. The van der Waals surface area contributed by atoms with Crippen LogP contribution in [0.3, 0.4) is 0 Å². The molecule has 0 radical (unpaired) electrons. The number of anilines is 1. The molecule has 1 fully saturated rings. The normalized spacial score (nSPS) is 20.9. The third-order valence-corrected chi connectivity index (χ3v) is 5.04. The molecule has 2 aromatic rings. The Labute approximate surface area is 144 Å². The molecule has 0 unspecified atom stereocenters. The number of carbonyl (C=O) groups excluding carboxylic acids is 1. The van der Waals surface area contributed by atoms with Gasteiger partial charge in [0.05, 0.1) is 0 Å². The van der Waals surface area contributed by atoms with Crippen molar-refractivity contribution in [3.63, 3.8) is 0 Å². The average Bonchev–Trinajstić information content (AvgIpc) is 3.18. The van der Waals surface area contributed by atoms with Gasteiger partial charge in [0.2, 0.25) is 0 Å². The van der Waals surface area contributed by atoms with Crippen molar-refractivity contribution in [1.29, 1.82) is 0 Å². The van der Waals surface area contributed by atoms with Gasteiger partial charge >= 0.3 is 6.03 Å². The van der Waals surface area contributed by atoms with Crippen LogP contribution in [-0.4, -0.2) is 41.2 Å². The minimum atomic E-state index is -0.831. The molecule has 7 heteroatoms. The van der Waals surface area contributed by atoms with Gasteiger partial charge in [-0.05, 0) is 36.4 Å². The fraction of sp³-hybridized carbons (Fsp3) is 0.412. The van der Waals surface area contributed by atoms with Crippen molar-refractivity contribution < 1.29 is 9.18 Å². The Morgan fingerprint density at radius 2 is 2.38 bits per heavy atom. The molecule has 5 nitrogen and oxygen atoms in total. The van der Waals surface area contributed by atoms with Gasteiger partial charge in [0.1, 0.15) is 6.17 Å². The Morgan fingerprint density at radius 1 is 1.50 bits per heavy atom. The lowest BCUT2D eigenvalue weighted by Gasteiger charge is -2.23. The SMILES string of the molecule is Cc1cnccc1NC(=O)NC[C@@H]1C[C@H](F)CN1Cc1cccs1. The summed E-state index contributed by atoms with van der Waals surface area (Å²) in [7, 11) is 0. The fourth-order valence-electron chi connectivity index (χ4n) is 2.92. The van der Waals surface area contributed by atoms with E-state index < -0.39 is 6.17 Å². The van der Waals surface area contributed by atoms with Crippen molar-refractivity contribution in [3.05, 3.63) is 46.4 Å². The number of likely N-dealkylation sites (tertiary alicyclic amines) is 1. The highest BCUT2D eigenvalue weighted by Gasteiger charge is 2.32. The lowest BCUT2D eigenvalue weighted by Crippen LogP contribution is -2.41. The van der Waals surface area contributed by atoms with Crippen LogP contribution in [0.15, 0.2) is 36.0 Å². The number of hydrogen-bond acceptors (Lipinski definition) is 4. The van der Waals surface area contributed by atoms with Crippen molar-refractivity contribution >= 4 is 23.1 Å². The van der Waals surface area contributed by atoms with E-state index in [1.165, 1.54) is 4.88 Å². The van der Waals surface area contributed by atoms with Gasteiger partial charge in [0.25, 0.3) is 0 Å². The first kappa shape index (κ1) is 16.9. The van der Waals surface area contributed by atoms with Gasteiger partial charge in [-0.3, -0.25) is 9.88 Å². The zero-order chi connectivity index (χ0) is 16.9. The molecular weight excluding hydrogens is 327 g/mol. The van der Waals surface area contributed by atoms with Crippen LogP contribution in [0.25, 0.3) is 0 Å². The summed E-state index contributed by atoms with van der Waals surface area (Å²) in [6.07, 6.45) is 2.96. The molecule has 2 N–H and O–H groups in total. The number of hydrogen-bond donors (Lipinski definition) is 2. The third kappa shape index (κ3) is 4.30. The molecule has 2 atom stereocenters. The second-order valence-electron chi connectivity index (χ2n) is 6.02. The summed E-state index contributed by atoms with van der Waals surface area (Å²) in [5.74, 6) is 0. The van der Waals surface area contributed by atoms with Crippen molar-refractivity contribution in [2.75, 3.05) is 18.4 Å². The van der Waals surface area contributed by atoms with Crippen LogP contribution in [-0.2, 0) is 6.54 Å². The second-order valence-corrected chi connectivity index (χ2v) is 7.05. The van der Waals surface area contributed by atoms with E-state index in [0.29, 0.717) is 19.5 Å². The van der Waals surface area contributed by atoms with Crippen LogP contribution >= 0.6 is 11.3 Å². The largest absolute Gasteiger partial charge is 0.336 e. The zero-order valence-corrected chi connectivity index (χ0v) is 14.4. The molecule has 24 heavy (non-hydrogen) atoms. The minimum absolute atomic E-state index is 0.0198. The van der Waals surface area contributed by atoms with Crippen molar-refractivity contribution in [1.82, 2.24) is 15.2 Å². The first-order valence-corrected chi connectivity index (χ1v) is 8.85. The van der Waals surface area contributed by atoms with Crippen LogP contribution in [0.5, 0.6) is 0 Å². The number of halogens is 1. The van der Waals surface area contributed by atoms with E-state index >= 15 is 0 Å². The maximum atomic E-state index is 13.8.